The van der Waals surface area contributed by atoms with Crippen molar-refractivity contribution in [3.05, 3.63) is 0 Å². The molecule has 2 aliphatic heterocycles. The van der Waals surface area contributed by atoms with E-state index in [9.17, 15) is 14.4 Å². The van der Waals surface area contributed by atoms with Crippen molar-refractivity contribution in [1.29, 1.82) is 0 Å². The molecule has 2 rings (SSSR count). The van der Waals surface area contributed by atoms with Gasteiger partial charge in [0.15, 0.2) is 0 Å². The molecule has 17 heavy (non-hydrogen) atoms. The van der Waals surface area contributed by atoms with Crippen LogP contribution >= 0.6 is 0 Å². The number of hydrogen-bond acceptors (Lipinski definition) is 4. The minimum atomic E-state index is -0.735. The molecule has 2 saturated heterocycles. The lowest BCUT2D eigenvalue weighted by Gasteiger charge is -2.59. The van der Waals surface area contributed by atoms with E-state index in [-0.39, 0.29) is 18.4 Å². The molecule has 0 aliphatic carbocycles. The van der Waals surface area contributed by atoms with Gasteiger partial charge in [-0.25, -0.2) is 4.79 Å². The zero-order valence-electron chi connectivity index (χ0n) is 9.86. The summed E-state index contributed by atoms with van der Waals surface area (Å²) in [5, 5.41) is 2.46. The molecule has 94 valence electrons. The highest BCUT2D eigenvalue weighted by Gasteiger charge is 2.63. The Balaban J connectivity index is 1.97. The van der Waals surface area contributed by atoms with Crippen molar-refractivity contribution in [3.63, 3.8) is 0 Å². The number of nitrogens with one attached hydrogen (secondary N) is 1. The first-order valence-electron chi connectivity index (χ1n) is 5.40. The highest BCUT2D eigenvalue weighted by molar-refractivity contribution is 5.99. The van der Waals surface area contributed by atoms with E-state index in [2.05, 4.69) is 10.1 Å². The first kappa shape index (κ1) is 11.7. The summed E-state index contributed by atoms with van der Waals surface area (Å²) in [6, 6.07) is 0. The highest BCUT2D eigenvalue weighted by atomic mass is 16.5. The van der Waals surface area contributed by atoms with E-state index >= 15 is 0 Å². The van der Waals surface area contributed by atoms with Gasteiger partial charge in [-0.3, -0.25) is 14.5 Å². The van der Waals surface area contributed by atoms with Crippen molar-refractivity contribution in [2.24, 2.45) is 0 Å². The Bertz CT molecular complexity index is 384. The fourth-order valence-electron chi connectivity index (χ4n) is 2.29. The third-order valence-electron chi connectivity index (χ3n) is 3.41. The molecule has 2 aliphatic rings. The number of β-lactam (4-membered cyclic amide) rings is 1. The fourth-order valence-corrected chi connectivity index (χ4v) is 2.29. The van der Waals surface area contributed by atoms with Gasteiger partial charge < -0.3 is 15.0 Å². The van der Waals surface area contributed by atoms with Crippen molar-refractivity contribution < 1.29 is 19.1 Å². The van der Waals surface area contributed by atoms with Gasteiger partial charge in [0.05, 0.1) is 20.2 Å². The van der Waals surface area contributed by atoms with Gasteiger partial charge in [0.2, 0.25) is 5.91 Å². The molecule has 0 unspecified atom stereocenters. The predicted octanol–water partition coefficient (Wildman–Crippen LogP) is -1.21. The number of methoxy groups -OCH3 is 1. The summed E-state index contributed by atoms with van der Waals surface area (Å²) < 4.78 is 4.61. The summed E-state index contributed by atoms with van der Waals surface area (Å²) >= 11 is 0. The number of carbonyl (C=O) groups excluding carboxylic acids is 3. The lowest BCUT2D eigenvalue weighted by Crippen LogP contribution is -2.81. The fraction of sp³-hybridized carbons (Fsp3) is 0.700. The summed E-state index contributed by atoms with van der Waals surface area (Å²) in [5.74, 6) is -0.380. The number of ether oxygens (including phenoxy) is 1. The predicted molar refractivity (Wildman–Crippen MR) is 57.1 cm³/mol. The quantitative estimate of drug-likeness (QED) is 0.615. The van der Waals surface area contributed by atoms with Crippen LogP contribution in [0.15, 0.2) is 0 Å². The monoisotopic (exact) mass is 241 g/mol. The third kappa shape index (κ3) is 1.53. The Morgan fingerprint density at radius 1 is 1.53 bits per heavy atom. The van der Waals surface area contributed by atoms with E-state index in [1.807, 2.05) is 0 Å². The van der Waals surface area contributed by atoms with Crippen LogP contribution in [0.4, 0.5) is 4.79 Å². The summed E-state index contributed by atoms with van der Waals surface area (Å²) in [4.78, 5) is 37.3. The van der Waals surface area contributed by atoms with Gasteiger partial charge in [-0.2, -0.15) is 0 Å². The van der Waals surface area contributed by atoms with Crippen LogP contribution in [0.2, 0.25) is 0 Å². The van der Waals surface area contributed by atoms with Gasteiger partial charge in [0, 0.05) is 13.6 Å². The van der Waals surface area contributed by atoms with Crippen LogP contribution in [0, 0.1) is 0 Å². The molecule has 3 amide bonds. The summed E-state index contributed by atoms with van der Waals surface area (Å²) in [6.45, 7) is 0.993. The molecular formula is C10H15N3O4. The van der Waals surface area contributed by atoms with E-state index in [1.165, 1.54) is 24.0 Å². The molecule has 0 saturated carbocycles. The van der Waals surface area contributed by atoms with Gasteiger partial charge in [0.25, 0.3) is 5.91 Å². The lowest BCUT2D eigenvalue weighted by atomic mass is 9.77. The van der Waals surface area contributed by atoms with Crippen LogP contribution in [-0.2, 0) is 14.3 Å². The van der Waals surface area contributed by atoms with Crippen molar-refractivity contribution >= 4 is 17.9 Å². The Morgan fingerprint density at radius 2 is 2.24 bits per heavy atom. The lowest BCUT2D eigenvalue weighted by molar-refractivity contribution is -0.176. The molecule has 7 nitrogen and oxygen atoms in total. The number of hydrogen-bond donors (Lipinski definition) is 1. The van der Waals surface area contributed by atoms with Gasteiger partial charge in [-0.1, -0.05) is 0 Å². The van der Waals surface area contributed by atoms with Gasteiger partial charge in [-0.05, 0) is 6.42 Å². The Hall–Kier alpha value is -1.79. The van der Waals surface area contributed by atoms with E-state index in [4.69, 9.17) is 0 Å². The van der Waals surface area contributed by atoms with Crippen molar-refractivity contribution in [2.75, 3.05) is 33.8 Å². The van der Waals surface area contributed by atoms with Crippen molar-refractivity contribution in [2.45, 2.75) is 12.0 Å². The maximum Gasteiger partial charge on any atom is 0.410 e. The second kappa shape index (κ2) is 3.90. The molecule has 2 fully saturated rings. The van der Waals surface area contributed by atoms with E-state index in [1.54, 1.807) is 0 Å². The average molecular weight is 241 g/mol. The number of rotatable bonds is 2. The number of likely N-dealkylation sites (tertiary alicyclic amines) is 2. The molecule has 0 radical (unpaired) electrons. The Kier molecular flexibility index (Phi) is 2.68. The van der Waals surface area contributed by atoms with E-state index in [0.29, 0.717) is 19.5 Å². The average Bonchev–Trinajstić information content (AvgIpc) is 2.30. The van der Waals surface area contributed by atoms with E-state index < -0.39 is 11.6 Å². The number of amides is 3. The second-order valence-electron chi connectivity index (χ2n) is 4.24. The van der Waals surface area contributed by atoms with Crippen molar-refractivity contribution in [1.82, 2.24) is 15.1 Å². The van der Waals surface area contributed by atoms with Gasteiger partial charge in [-0.15, -0.1) is 0 Å². The number of carbonyl (C=O) groups is 3. The molecule has 1 spiro atoms. The molecule has 0 bridgehead atoms. The molecule has 0 aromatic rings. The normalized spacial score (nSPS) is 26.4. The number of nitrogens with zero attached hydrogens (tertiary/aromatic N) is 2. The molecule has 1 N–H and O–H groups in total. The van der Waals surface area contributed by atoms with Gasteiger partial charge in [0.1, 0.15) is 5.54 Å². The minimum Gasteiger partial charge on any atom is -0.453 e. The molecular weight excluding hydrogens is 226 g/mol. The summed E-state index contributed by atoms with van der Waals surface area (Å²) in [7, 11) is 2.81. The molecule has 2 heterocycles. The van der Waals surface area contributed by atoms with Gasteiger partial charge >= 0.3 is 6.09 Å². The smallest absolute Gasteiger partial charge is 0.410 e. The Morgan fingerprint density at radius 3 is 2.65 bits per heavy atom. The van der Waals surface area contributed by atoms with Crippen LogP contribution < -0.4 is 5.32 Å². The number of likely N-dealkylation sites (N-methyl/N-ethyl adjacent to an activating group) is 1. The molecule has 7 heteroatoms. The second-order valence-corrected chi connectivity index (χ2v) is 4.24. The summed E-state index contributed by atoms with van der Waals surface area (Å²) in [5.41, 5.74) is -0.735. The largest absolute Gasteiger partial charge is 0.453 e. The van der Waals surface area contributed by atoms with Crippen LogP contribution in [0.3, 0.4) is 0 Å². The third-order valence-corrected chi connectivity index (χ3v) is 3.41. The SMILES string of the molecule is CNC(=O)CN1C[C@]2(CCN2C(=O)OC)C1=O. The highest BCUT2D eigenvalue weighted by Crippen LogP contribution is 2.40. The zero-order valence-corrected chi connectivity index (χ0v) is 9.86. The molecule has 0 aromatic heterocycles. The topological polar surface area (TPSA) is 79.0 Å². The van der Waals surface area contributed by atoms with Crippen LogP contribution in [0.25, 0.3) is 0 Å². The minimum absolute atomic E-state index is 0.0477. The maximum absolute atomic E-state index is 11.9. The zero-order chi connectivity index (χ0) is 12.6. The van der Waals surface area contributed by atoms with E-state index in [0.717, 1.165) is 0 Å². The van der Waals surface area contributed by atoms with Crippen LogP contribution in [0.5, 0.6) is 0 Å². The molecule has 0 aromatic carbocycles. The molecule has 1 atom stereocenters. The van der Waals surface area contributed by atoms with Crippen LogP contribution in [0.1, 0.15) is 6.42 Å². The maximum atomic E-state index is 11.9. The van der Waals surface area contributed by atoms with Crippen LogP contribution in [-0.4, -0.2) is 67.0 Å². The Labute approximate surface area is 98.7 Å². The first-order chi connectivity index (χ1) is 8.05. The van der Waals surface area contributed by atoms with Crippen molar-refractivity contribution in [3.8, 4) is 0 Å². The first-order valence-corrected chi connectivity index (χ1v) is 5.40. The summed E-state index contributed by atoms with van der Waals surface area (Å²) in [6.07, 6.45) is 0.162. The standard InChI is InChI=1S/C10H15N3O4/c1-11-7(14)5-12-6-10(8(12)15)3-4-13(10)9(16)17-2/h3-6H2,1-2H3,(H,11,14)/t10-/m1/s1.